The standard InChI is InChI=1S/C8H15NO/c1-4-6-8(3,7-9)10-5-2/h4-6H2,1-3H3. The Hall–Kier alpha value is -0.550. The molecule has 58 valence electrons. The van der Waals surface area contributed by atoms with Gasteiger partial charge >= 0.3 is 0 Å². The monoisotopic (exact) mass is 141 g/mol. The highest BCUT2D eigenvalue weighted by Crippen LogP contribution is 2.15. The molecule has 0 aliphatic heterocycles. The van der Waals surface area contributed by atoms with Crippen molar-refractivity contribution in [2.75, 3.05) is 6.61 Å². The van der Waals surface area contributed by atoms with Crippen LogP contribution in [0.2, 0.25) is 0 Å². The molecular weight excluding hydrogens is 126 g/mol. The lowest BCUT2D eigenvalue weighted by molar-refractivity contribution is 0.0131. The van der Waals surface area contributed by atoms with Crippen LogP contribution in [0.4, 0.5) is 0 Å². The van der Waals surface area contributed by atoms with Crippen molar-refractivity contribution in [2.24, 2.45) is 0 Å². The van der Waals surface area contributed by atoms with Crippen LogP contribution in [0.1, 0.15) is 33.6 Å². The van der Waals surface area contributed by atoms with Crippen molar-refractivity contribution in [1.82, 2.24) is 0 Å². The average molecular weight is 141 g/mol. The lowest BCUT2D eigenvalue weighted by Crippen LogP contribution is -2.26. The number of nitriles is 1. The van der Waals surface area contributed by atoms with E-state index >= 15 is 0 Å². The Bertz CT molecular complexity index is 120. The van der Waals surface area contributed by atoms with Gasteiger partial charge < -0.3 is 4.74 Å². The Morgan fingerprint density at radius 3 is 2.40 bits per heavy atom. The first-order chi connectivity index (χ1) is 4.68. The highest BCUT2D eigenvalue weighted by molar-refractivity contribution is 4.97. The van der Waals surface area contributed by atoms with Crippen molar-refractivity contribution in [3.63, 3.8) is 0 Å². The maximum atomic E-state index is 8.67. The van der Waals surface area contributed by atoms with Gasteiger partial charge in [-0.15, -0.1) is 0 Å². The van der Waals surface area contributed by atoms with E-state index in [2.05, 4.69) is 13.0 Å². The van der Waals surface area contributed by atoms with E-state index in [0.717, 1.165) is 12.8 Å². The van der Waals surface area contributed by atoms with Gasteiger partial charge in [0.15, 0.2) is 5.60 Å². The molecule has 0 rings (SSSR count). The van der Waals surface area contributed by atoms with Crippen LogP contribution < -0.4 is 0 Å². The van der Waals surface area contributed by atoms with Crippen LogP contribution in [0.3, 0.4) is 0 Å². The molecule has 0 amide bonds. The molecule has 1 atom stereocenters. The second-order valence-corrected chi connectivity index (χ2v) is 2.53. The lowest BCUT2D eigenvalue weighted by atomic mass is 10.0. The Balaban J connectivity index is 3.85. The molecule has 0 fully saturated rings. The first-order valence-electron chi connectivity index (χ1n) is 3.73. The lowest BCUT2D eigenvalue weighted by Gasteiger charge is -2.19. The van der Waals surface area contributed by atoms with Crippen LogP contribution in [0.25, 0.3) is 0 Å². The molecule has 0 saturated carbocycles. The third kappa shape index (κ3) is 2.84. The van der Waals surface area contributed by atoms with Crippen LogP contribution >= 0.6 is 0 Å². The van der Waals surface area contributed by atoms with Gasteiger partial charge in [-0.25, -0.2) is 0 Å². The molecule has 0 N–H and O–H groups in total. The van der Waals surface area contributed by atoms with Crippen molar-refractivity contribution in [1.29, 1.82) is 5.26 Å². The zero-order chi connectivity index (χ0) is 8.04. The molecule has 2 heteroatoms. The molecule has 0 aromatic carbocycles. The van der Waals surface area contributed by atoms with Crippen LogP contribution in [0.15, 0.2) is 0 Å². The Kier molecular flexibility index (Phi) is 4.06. The van der Waals surface area contributed by atoms with Gasteiger partial charge in [0.1, 0.15) is 0 Å². The molecular formula is C8H15NO. The highest BCUT2D eigenvalue weighted by Gasteiger charge is 2.21. The summed E-state index contributed by atoms with van der Waals surface area (Å²) < 4.78 is 5.26. The molecule has 0 radical (unpaired) electrons. The largest absolute Gasteiger partial charge is 0.361 e. The fraction of sp³-hybridized carbons (Fsp3) is 0.875. The van der Waals surface area contributed by atoms with Gasteiger partial charge in [-0.2, -0.15) is 5.26 Å². The maximum Gasteiger partial charge on any atom is 0.151 e. The summed E-state index contributed by atoms with van der Waals surface area (Å²) in [5.41, 5.74) is -0.552. The second kappa shape index (κ2) is 4.29. The SMILES string of the molecule is CCCC(C)(C#N)OCC. The van der Waals surface area contributed by atoms with Crippen molar-refractivity contribution in [2.45, 2.75) is 39.2 Å². The normalized spacial score (nSPS) is 15.8. The Labute approximate surface area is 62.8 Å². The minimum Gasteiger partial charge on any atom is -0.361 e. The van der Waals surface area contributed by atoms with Crippen molar-refractivity contribution in [3.05, 3.63) is 0 Å². The Morgan fingerprint density at radius 1 is 1.50 bits per heavy atom. The summed E-state index contributed by atoms with van der Waals surface area (Å²) in [6.07, 6.45) is 1.81. The fourth-order valence-corrected chi connectivity index (χ4v) is 0.956. The number of ether oxygens (including phenoxy) is 1. The topological polar surface area (TPSA) is 33.0 Å². The summed E-state index contributed by atoms with van der Waals surface area (Å²) in [5, 5.41) is 8.67. The molecule has 0 aliphatic rings. The predicted molar refractivity (Wildman–Crippen MR) is 40.6 cm³/mol. The number of hydrogen-bond acceptors (Lipinski definition) is 2. The van der Waals surface area contributed by atoms with Gasteiger partial charge in [0.05, 0.1) is 6.07 Å². The van der Waals surface area contributed by atoms with E-state index in [1.807, 2.05) is 13.8 Å². The fourth-order valence-electron chi connectivity index (χ4n) is 0.956. The highest BCUT2D eigenvalue weighted by atomic mass is 16.5. The van der Waals surface area contributed by atoms with Crippen LogP contribution in [0.5, 0.6) is 0 Å². The Morgan fingerprint density at radius 2 is 2.10 bits per heavy atom. The summed E-state index contributed by atoms with van der Waals surface area (Å²) in [7, 11) is 0. The molecule has 10 heavy (non-hydrogen) atoms. The molecule has 0 aliphatic carbocycles. The van der Waals surface area contributed by atoms with Gasteiger partial charge in [-0.05, 0) is 20.3 Å². The molecule has 1 unspecified atom stereocenters. The van der Waals surface area contributed by atoms with Crippen molar-refractivity contribution >= 4 is 0 Å². The molecule has 0 spiro atoms. The average Bonchev–Trinajstić information content (AvgIpc) is 1.89. The summed E-state index contributed by atoms with van der Waals surface area (Å²) in [6, 6.07) is 2.16. The molecule has 0 saturated heterocycles. The minimum absolute atomic E-state index is 0.552. The summed E-state index contributed by atoms with van der Waals surface area (Å²) in [4.78, 5) is 0. The number of rotatable bonds is 4. The van der Waals surface area contributed by atoms with Crippen molar-refractivity contribution < 1.29 is 4.74 Å². The zero-order valence-corrected chi connectivity index (χ0v) is 6.98. The molecule has 0 heterocycles. The van der Waals surface area contributed by atoms with E-state index in [9.17, 15) is 0 Å². The van der Waals surface area contributed by atoms with E-state index in [4.69, 9.17) is 10.00 Å². The third-order valence-corrected chi connectivity index (χ3v) is 1.43. The molecule has 0 aromatic heterocycles. The van der Waals surface area contributed by atoms with Crippen LogP contribution in [-0.2, 0) is 4.74 Å². The van der Waals surface area contributed by atoms with Crippen LogP contribution in [-0.4, -0.2) is 12.2 Å². The van der Waals surface area contributed by atoms with Gasteiger partial charge in [0.2, 0.25) is 0 Å². The van der Waals surface area contributed by atoms with E-state index in [1.54, 1.807) is 0 Å². The quantitative estimate of drug-likeness (QED) is 0.600. The summed E-state index contributed by atoms with van der Waals surface area (Å²) in [5.74, 6) is 0. The van der Waals surface area contributed by atoms with Gasteiger partial charge in [-0.3, -0.25) is 0 Å². The molecule has 0 bridgehead atoms. The maximum absolute atomic E-state index is 8.67. The van der Waals surface area contributed by atoms with E-state index in [0.29, 0.717) is 6.61 Å². The van der Waals surface area contributed by atoms with Gasteiger partial charge in [-0.1, -0.05) is 13.3 Å². The van der Waals surface area contributed by atoms with E-state index in [1.165, 1.54) is 0 Å². The van der Waals surface area contributed by atoms with Gasteiger partial charge in [0.25, 0.3) is 0 Å². The molecule has 0 aromatic rings. The number of nitrogens with zero attached hydrogens (tertiary/aromatic N) is 1. The first-order valence-corrected chi connectivity index (χ1v) is 3.73. The van der Waals surface area contributed by atoms with E-state index in [-0.39, 0.29) is 0 Å². The zero-order valence-electron chi connectivity index (χ0n) is 6.98. The van der Waals surface area contributed by atoms with Crippen molar-refractivity contribution in [3.8, 4) is 6.07 Å². The summed E-state index contributed by atoms with van der Waals surface area (Å²) >= 11 is 0. The van der Waals surface area contributed by atoms with Gasteiger partial charge in [0, 0.05) is 6.61 Å². The smallest absolute Gasteiger partial charge is 0.151 e. The minimum atomic E-state index is -0.552. The first kappa shape index (κ1) is 9.45. The second-order valence-electron chi connectivity index (χ2n) is 2.53. The number of hydrogen-bond donors (Lipinski definition) is 0. The molecule has 2 nitrogen and oxygen atoms in total. The van der Waals surface area contributed by atoms with Crippen LogP contribution in [0, 0.1) is 11.3 Å². The summed E-state index contributed by atoms with van der Waals surface area (Å²) in [6.45, 7) is 6.41. The van der Waals surface area contributed by atoms with E-state index < -0.39 is 5.60 Å². The third-order valence-electron chi connectivity index (χ3n) is 1.43. The predicted octanol–water partition coefficient (Wildman–Crippen LogP) is 2.11.